The molecule has 2 aromatic rings. The van der Waals surface area contributed by atoms with E-state index in [-0.39, 0.29) is 6.10 Å². The third-order valence-electron chi connectivity index (χ3n) is 3.26. The molecule has 1 aromatic carbocycles. The largest absolute Gasteiger partial charge is 0.376 e. The van der Waals surface area contributed by atoms with Crippen LogP contribution in [0.2, 0.25) is 0 Å². The summed E-state index contributed by atoms with van der Waals surface area (Å²) < 4.78 is 7.27. The molecule has 6 nitrogen and oxygen atoms in total. The molecule has 1 saturated heterocycles. The summed E-state index contributed by atoms with van der Waals surface area (Å²) in [6.07, 6.45) is 2.50. The molecule has 19 heavy (non-hydrogen) atoms. The molecule has 0 aliphatic carbocycles. The zero-order chi connectivity index (χ0) is 13.1. The van der Waals surface area contributed by atoms with Crippen molar-refractivity contribution in [3.63, 3.8) is 0 Å². The van der Waals surface area contributed by atoms with E-state index in [1.165, 1.54) is 5.56 Å². The molecular formula is C13H17N5O. The van der Waals surface area contributed by atoms with Crippen molar-refractivity contribution in [2.24, 2.45) is 0 Å². The van der Waals surface area contributed by atoms with Crippen LogP contribution in [0.15, 0.2) is 24.3 Å². The van der Waals surface area contributed by atoms with E-state index < -0.39 is 0 Å². The smallest absolute Gasteiger partial charge is 0.247 e. The summed E-state index contributed by atoms with van der Waals surface area (Å²) in [5.74, 6) is 0.652. The first-order chi connectivity index (χ1) is 9.33. The molecule has 0 bridgehead atoms. The summed E-state index contributed by atoms with van der Waals surface area (Å²) in [6, 6.07) is 8.09. The number of tetrazole rings is 1. The van der Waals surface area contributed by atoms with Gasteiger partial charge in [-0.3, -0.25) is 0 Å². The van der Waals surface area contributed by atoms with Gasteiger partial charge in [0.05, 0.1) is 11.8 Å². The van der Waals surface area contributed by atoms with Crippen molar-refractivity contribution in [2.45, 2.75) is 25.9 Å². The fourth-order valence-corrected chi connectivity index (χ4v) is 2.17. The van der Waals surface area contributed by atoms with Crippen molar-refractivity contribution in [3.05, 3.63) is 29.8 Å². The van der Waals surface area contributed by atoms with Gasteiger partial charge in [-0.1, -0.05) is 22.8 Å². The van der Waals surface area contributed by atoms with E-state index in [4.69, 9.17) is 4.74 Å². The number of benzene rings is 1. The van der Waals surface area contributed by atoms with Crippen LogP contribution in [0.3, 0.4) is 0 Å². The van der Waals surface area contributed by atoms with E-state index in [2.05, 4.69) is 27.8 Å². The Kier molecular flexibility index (Phi) is 3.41. The summed E-state index contributed by atoms with van der Waals surface area (Å²) in [5, 5.41) is 15.0. The van der Waals surface area contributed by atoms with Crippen LogP contribution in [0.4, 0.5) is 5.95 Å². The fraction of sp³-hybridized carbons (Fsp3) is 0.462. The summed E-state index contributed by atoms with van der Waals surface area (Å²) in [7, 11) is 0. The number of nitrogens with one attached hydrogen (secondary N) is 1. The summed E-state index contributed by atoms with van der Waals surface area (Å²) in [4.78, 5) is 0. The molecule has 100 valence electrons. The number of rotatable bonds is 4. The molecule has 0 spiro atoms. The SMILES string of the molecule is Cc1ccc(-n2nnnc2NC[C@H]2CCCO2)cc1. The van der Waals surface area contributed by atoms with Gasteiger partial charge in [-0.15, -0.1) is 0 Å². The van der Waals surface area contributed by atoms with Gasteiger partial charge in [0.2, 0.25) is 5.95 Å². The van der Waals surface area contributed by atoms with Crippen LogP contribution in [-0.2, 0) is 4.74 Å². The van der Waals surface area contributed by atoms with Gasteiger partial charge in [-0.25, -0.2) is 0 Å². The first-order valence-electron chi connectivity index (χ1n) is 6.54. The molecule has 1 aliphatic rings. The second-order valence-electron chi connectivity index (χ2n) is 4.77. The van der Waals surface area contributed by atoms with Gasteiger partial charge in [0, 0.05) is 13.2 Å². The number of nitrogens with zero attached hydrogens (tertiary/aromatic N) is 4. The Morgan fingerprint density at radius 3 is 2.95 bits per heavy atom. The molecule has 0 unspecified atom stereocenters. The first-order valence-corrected chi connectivity index (χ1v) is 6.54. The predicted octanol–water partition coefficient (Wildman–Crippen LogP) is 1.56. The Morgan fingerprint density at radius 2 is 2.21 bits per heavy atom. The van der Waals surface area contributed by atoms with Gasteiger partial charge < -0.3 is 10.1 Å². The Labute approximate surface area is 111 Å². The lowest BCUT2D eigenvalue weighted by Crippen LogP contribution is -2.20. The maximum absolute atomic E-state index is 5.57. The van der Waals surface area contributed by atoms with E-state index in [1.807, 2.05) is 24.3 Å². The average molecular weight is 259 g/mol. The van der Waals surface area contributed by atoms with Crippen molar-refractivity contribution < 1.29 is 4.74 Å². The molecule has 1 atom stereocenters. The molecular weight excluding hydrogens is 242 g/mol. The van der Waals surface area contributed by atoms with Gasteiger partial charge in [0.1, 0.15) is 0 Å². The maximum atomic E-state index is 5.57. The van der Waals surface area contributed by atoms with Crippen molar-refractivity contribution in [1.29, 1.82) is 0 Å². The molecule has 2 heterocycles. The highest BCUT2D eigenvalue weighted by atomic mass is 16.5. The number of hydrogen-bond acceptors (Lipinski definition) is 5. The minimum Gasteiger partial charge on any atom is -0.376 e. The Hall–Kier alpha value is -1.95. The topological polar surface area (TPSA) is 64.9 Å². The second-order valence-corrected chi connectivity index (χ2v) is 4.77. The summed E-state index contributed by atoms with van der Waals surface area (Å²) >= 11 is 0. The Bertz CT molecular complexity index is 530. The molecule has 0 saturated carbocycles. The zero-order valence-electron chi connectivity index (χ0n) is 10.9. The van der Waals surface area contributed by atoms with E-state index in [9.17, 15) is 0 Å². The standard InChI is InChI=1S/C13H17N5O/c1-10-4-6-11(7-5-10)18-13(15-16-17-18)14-9-12-3-2-8-19-12/h4-7,12H,2-3,8-9H2,1H3,(H,14,15,17)/t12-/m1/s1. The number of anilines is 1. The van der Waals surface area contributed by atoms with Crippen molar-refractivity contribution in [1.82, 2.24) is 20.2 Å². The highest BCUT2D eigenvalue weighted by Gasteiger charge is 2.16. The lowest BCUT2D eigenvalue weighted by atomic mass is 10.2. The predicted molar refractivity (Wildman–Crippen MR) is 71.4 cm³/mol. The molecule has 0 amide bonds. The van der Waals surface area contributed by atoms with E-state index in [0.29, 0.717) is 5.95 Å². The van der Waals surface area contributed by atoms with Crippen LogP contribution in [0.25, 0.3) is 5.69 Å². The minimum atomic E-state index is 0.267. The van der Waals surface area contributed by atoms with Crippen LogP contribution in [0, 0.1) is 6.92 Å². The van der Waals surface area contributed by atoms with E-state index in [0.717, 1.165) is 31.7 Å². The zero-order valence-corrected chi connectivity index (χ0v) is 10.9. The van der Waals surface area contributed by atoms with Gasteiger partial charge in [0.15, 0.2) is 0 Å². The van der Waals surface area contributed by atoms with Crippen LogP contribution < -0.4 is 5.32 Å². The van der Waals surface area contributed by atoms with Gasteiger partial charge in [-0.2, -0.15) is 4.68 Å². The third-order valence-corrected chi connectivity index (χ3v) is 3.26. The van der Waals surface area contributed by atoms with Crippen molar-refractivity contribution >= 4 is 5.95 Å². The monoisotopic (exact) mass is 259 g/mol. The highest BCUT2D eigenvalue weighted by Crippen LogP contribution is 2.15. The first kappa shape index (κ1) is 12.1. The third kappa shape index (κ3) is 2.73. The molecule has 1 aliphatic heterocycles. The van der Waals surface area contributed by atoms with Gasteiger partial charge in [-0.05, 0) is 42.3 Å². The average Bonchev–Trinajstić information content (AvgIpc) is 3.08. The van der Waals surface area contributed by atoms with Crippen LogP contribution in [0.1, 0.15) is 18.4 Å². The second kappa shape index (κ2) is 5.36. The lowest BCUT2D eigenvalue weighted by Gasteiger charge is -2.11. The van der Waals surface area contributed by atoms with Crippen LogP contribution in [0.5, 0.6) is 0 Å². The number of hydrogen-bond donors (Lipinski definition) is 1. The Balaban J connectivity index is 1.72. The van der Waals surface area contributed by atoms with Gasteiger partial charge in [0.25, 0.3) is 0 Å². The van der Waals surface area contributed by atoms with Crippen molar-refractivity contribution in [2.75, 3.05) is 18.5 Å². The summed E-state index contributed by atoms with van der Waals surface area (Å²) in [6.45, 7) is 3.65. The fourth-order valence-electron chi connectivity index (χ4n) is 2.17. The summed E-state index contributed by atoms with van der Waals surface area (Å²) in [5.41, 5.74) is 2.16. The normalized spacial score (nSPS) is 18.7. The van der Waals surface area contributed by atoms with Crippen LogP contribution >= 0.6 is 0 Å². The number of aromatic nitrogens is 4. The minimum absolute atomic E-state index is 0.267. The Morgan fingerprint density at radius 1 is 1.37 bits per heavy atom. The van der Waals surface area contributed by atoms with Gasteiger partial charge >= 0.3 is 0 Å². The number of aryl methyl sites for hydroxylation is 1. The quantitative estimate of drug-likeness (QED) is 0.902. The lowest BCUT2D eigenvalue weighted by molar-refractivity contribution is 0.120. The van der Waals surface area contributed by atoms with Crippen LogP contribution in [-0.4, -0.2) is 39.5 Å². The maximum Gasteiger partial charge on any atom is 0.247 e. The molecule has 1 fully saturated rings. The van der Waals surface area contributed by atoms with E-state index in [1.54, 1.807) is 4.68 Å². The number of ether oxygens (including phenoxy) is 1. The highest BCUT2D eigenvalue weighted by molar-refractivity contribution is 5.39. The molecule has 3 rings (SSSR count). The molecule has 6 heteroatoms. The van der Waals surface area contributed by atoms with E-state index >= 15 is 0 Å². The van der Waals surface area contributed by atoms with Crippen molar-refractivity contribution in [3.8, 4) is 5.69 Å². The molecule has 1 aromatic heterocycles. The molecule has 1 N–H and O–H groups in total. The molecule has 0 radical (unpaired) electrons.